The van der Waals surface area contributed by atoms with E-state index < -0.39 is 0 Å². The molecule has 0 fully saturated rings. The number of nitrogens with zero attached hydrogens (tertiary/aromatic N) is 2. The van der Waals surface area contributed by atoms with Crippen LogP contribution in [0.25, 0.3) is 21.1 Å². The Labute approximate surface area is 186 Å². The van der Waals surface area contributed by atoms with Gasteiger partial charge in [0.2, 0.25) is 12.7 Å². The topological polar surface area (TPSA) is 82.6 Å². The lowest BCUT2D eigenvalue weighted by Crippen LogP contribution is -2.14. The second kappa shape index (κ2) is 8.24. The number of amides is 1. The van der Waals surface area contributed by atoms with Gasteiger partial charge in [-0.2, -0.15) is 0 Å². The van der Waals surface area contributed by atoms with Crippen LogP contribution in [0, 0.1) is 6.92 Å². The second-order valence-electron chi connectivity index (χ2n) is 6.93. The molecule has 1 N–H and O–H groups in total. The van der Waals surface area contributed by atoms with Crippen LogP contribution in [0.2, 0.25) is 0 Å². The number of carbonyl (C=O) groups is 1. The number of aromatic nitrogens is 2. The number of rotatable bonds is 6. The molecule has 0 atom stereocenters. The summed E-state index contributed by atoms with van der Waals surface area (Å²) in [5.41, 5.74) is 2.66. The Morgan fingerprint density at radius 1 is 1.16 bits per heavy atom. The van der Waals surface area contributed by atoms with Crippen LogP contribution in [-0.2, 0) is 4.79 Å². The molecule has 0 radical (unpaired) electrons. The SMILES string of the molecule is CCOc1ccc2nc(NC(=O)CSc3nc4cc5c(cc4cc3C)OCO5)sc2c1. The van der Waals surface area contributed by atoms with Crippen molar-refractivity contribution in [2.24, 2.45) is 0 Å². The average molecular weight is 454 g/mol. The van der Waals surface area contributed by atoms with Gasteiger partial charge in [-0.3, -0.25) is 4.79 Å². The first-order valence-electron chi connectivity index (χ1n) is 9.76. The van der Waals surface area contributed by atoms with Crippen LogP contribution in [0.1, 0.15) is 12.5 Å². The van der Waals surface area contributed by atoms with E-state index in [0.29, 0.717) is 17.5 Å². The fourth-order valence-electron chi connectivity index (χ4n) is 3.30. The summed E-state index contributed by atoms with van der Waals surface area (Å²) in [7, 11) is 0. The van der Waals surface area contributed by atoms with Gasteiger partial charge in [0.1, 0.15) is 10.8 Å². The summed E-state index contributed by atoms with van der Waals surface area (Å²) >= 11 is 2.83. The van der Waals surface area contributed by atoms with Crippen LogP contribution >= 0.6 is 23.1 Å². The van der Waals surface area contributed by atoms with E-state index >= 15 is 0 Å². The largest absolute Gasteiger partial charge is 0.494 e. The zero-order valence-electron chi connectivity index (χ0n) is 16.9. The maximum atomic E-state index is 12.5. The highest BCUT2D eigenvalue weighted by molar-refractivity contribution is 8.00. The van der Waals surface area contributed by atoms with E-state index in [9.17, 15) is 4.79 Å². The Hall–Kier alpha value is -3.04. The van der Waals surface area contributed by atoms with Crippen molar-refractivity contribution >= 4 is 55.3 Å². The lowest BCUT2D eigenvalue weighted by molar-refractivity contribution is -0.113. The fraction of sp³-hybridized carbons (Fsp3) is 0.227. The minimum absolute atomic E-state index is 0.124. The summed E-state index contributed by atoms with van der Waals surface area (Å²) in [6.45, 7) is 4.77. The first-order valence-corrected chi connectivity index (χ1v) is 11.6. The first-order chi connectivity index (χ1) is 15.1. The molecule has 3 heterocycles. The van der Waals surface area contributed by atoms with E-state index in [4.69, 9.17) is 19.2 Å². The number of hydrogen-bond donors (Lipinski definition) is 1. The fourth-order valence-corrected chi connectivity index (χ4v) is 5.00. The minimum Gasteiger partial charge on any atom is -0.494 e. The quantitative estimate of drug-likeness (QED) is 0.411. The molecule has 4 aromatic rings. The normalized spacial score (nSPS) is 12.5. The van der Waals surface area contributed by atoms with Crippen molar-refractivity contribution in [3.63, 3.8) is 0 Å². The highest BCUT2D eigenvalue weighted by Crippen LogP contribution is 2.37. The smallest absolute Gasteiger partial charge is 0.236 e. The lowest BCUT2D eigenvalue weighted by atomic mass is 10.1. The highest BCUT2D eigenvalue weighted by atomic mass is 32.2. The number of fused-ring (bicyclic) bond motifs is 3. The number of thioether (sulfide) groups is 1. The lowest BCUT2D eigenvalue weighted by Gasteiger charge is -2.08. The number of ether oxygens (including phenoxy) is 3. The van der Waals surface area contributed by atoms with Crippen LogP contribution in [0.5, 0.6) is 17.2 Å². The summed E-state index contributed by atoms with van der Waals surface area (Å²) in [4.78, 5) is 21.7. The Kier molecular flexibility index (Phi) is 5.29. The number of hydrogen-bond acceptors (Lipinski definition) is 8. The zero-order chi connectivity index (χ0) is 21.4. The number of anilines is 1. The summed E-state index contributed by atoms with van der Waals surface area (Å²) < 4.78 is 17.4. The van der Waals surface area contributed by atoms with Crippen LogP contribution in [0.15, 0.2) is 41.4 Å². The molecular weight excluding hydrogens is 434 g/mol. The molecule has 9 heteroatoms. The van der Waals surface area contributed by atoms with Gasteiger partial charge in [-0.25, -0.2) is 9.97 Å². The van der Waals surface area contributed by atoms with E-state index in [2.05, 4.69) is 10.3 Å². The van der Waals surface area contributed by atoms with E-state index in [1.807, 2.05) is 50.2 Å². The van der Waals surface area contributed by atoms with Crippen molar-refractivity contribution in [3.05, 3.63) is 42.0 Å². The van der Waals surface area contributed by atoms with Gasteiger partial charge >= 0.3 is 0 Å². The third-order valence-corrected chi connectivity index (χ3v) is 6.74. The Morgan fingerprint density at radius 3 is 2.84 bits per heavy atom. The van der Waals surface area contributed by atoms with Crippen LogP contribution in [0.3, 0.4) is 0 Å². The minimum atomic E-state index is -0.124. The summed E-state index contributed by atoms with van der Waals surface area (Å²) in [5, 5.41) is 5.26. The van der Waals surface area contributed by atoms with Crippen LogP contribution < -0.4 is 19.5 Å². The predicted octanol–water partition coefficient (Wildman–Crippen LogP) is 5.01. The summed E-state index contributed by atoms with van der Waals surface area (Å²) in [5.74, 6) is 2.34. The average Bonchev–Trinajstić information content (AvgIpc) is 3.36. The standard InChI is InChI=1S/C22H19N3O4S2/c1-3-27-14-4-5-15-19(8-14)31-22(24-15)25-20(26)10-30-21-12(2)6-13-7-17-18(29-11-28-17)9-16(13)23-21/h4-9H,3,10-11H2,1-2H3,(H,24,25,26). The van der Waals surface area contributed by atoms with Crippen molar-refractivity contribution < 1.29 is 19.0 Å². The number of aryl methyl sites for hydroxylation is 1. The monoisotopic (exact) mass is 453 g/mol. The van der Waals surface area contributed by atoms with Gasteiger partial charge in [0.25, 0.3) is 0 Å². The molecule has 1 aliphatic heterocycles. The number of benzene rings is 2. The van der Waals surface area contributed by atoms with Gasteiger partial charge in [0.15, 0.2) is 16.6 Å². The number of thiazole rings is 1. The number of carbonyl (C=O) groups excluding carboxylic acids is 1. The molecule has 0 bridgehead atoms. The molecule has 2 aromatic heterocycles. The van der Waals surface area contributed by atoms with Gasteiger partial charge in [-0.05, 0) is 49.7 Å². The molecule has 0 aliphatic carbocycles. The van der Waals surface area contributed by atoms with Gasteiger partial charge in [-0.15, -0.1) is 0 Å². The maximum absolute atomic E-state index is 12.5. The summed E-state index contributed by atoms with van der Waals surface area (Å²) in [6, 6.07) is 11.6. The molecule has 158 valence electrons. The van der Waals surface area contributed by atoms with E-state index in [0.717, 1.165) is 43.2 Å². The molecule has 0 saturated carbocycles. The molecule has 1 amide bonds. The van der Waals surface area contributed by atoms with Crippen molar-refractivity contribution in [2.45, 2.75) is 18.9 Å². The van der Waals surface area contributed by atoms with Crippen molar-refractivity contribution in [2.75, 3.05) is 24.5 Å². The second-order valence-corrected chi connectivity index (χ2v) is 8.92. The number of pyridine rings is 1. The number of nitrogens with one attached hydrogen (secondary N) is 1. The van der Waals surface area contributed by atoms with Gasteiger partial charge < -0.3 is 19.5 Å². The molecule has 7 nitrogen and oxygen atoms in total. The van der Waals surface area contributed by atoms with E-state index in [1.165, 1.54) is 23.1 Å². The molecule has 0 unspecified atom stereocenters. The van der Waals surface area contributed by atoms with E-state index in [1.54, 1.807) is 0 Å². The van der Waals surface area contributed by atoms with E-state index in [-0.39, 0.29) is 18.5 Å². The zero-order valence-corrected chi connectivity index (χ0v) is 18.6. The predicted molar refractivity (Wildman–Crippen MR) is 123 cm³/mol. The van der Waals surface area contributed by atoms with Gasteiger partial charge in [-0.1, -0.05) is 23.1 Å². The maximum Gasteiger partial charge on any atom is 0.236 e. The molecule has 2 aromatic carbocycles. The molecule has 0 saturated heterocycles. The first kappa shape index (κ1) is 19.9. The molecule has 1 aliphatic rings. The van der Waals surface area contributed by atoms with Gasteiger partial charge in [0.05, 0.1) is 28.1 Å². The Bertz CT molecular complexity index is 1310. The van der Waals surface area contributed by atoms with Gasteiger partial charge in [0, 0.05) is 11.5 Å². The van der Waals surface area contributed by atoms with Crippen molar-refractivity contribution in [3.8, 4) is 17.2 Å². The summed E-state index contributed by atoms with van der Waals surface area (Å²) in [6.07, 6.45) is 0. The molecular formula is C22H19N3O4S2. The highest BCUT2D eigenvalue weighted by Gasteiger charge is 2.16. The van der Waals surface area contributed by atoms with Crippen molar-refractivity contribution in [1.82, 2.24) is 9.97 Å². The third kappa shape index (κ3) is 4.11. The van der Waals surface area contributed by atoms with Crippen molar-refractivity contribution in [1.29, 1.82) is 0 Å². The third-order valence-electron chi connectivity index (χ3n) is 4.71. The Morgan fingerprint density at radius 2 is 2.00 bits per heavy atom. The molecule has 0 spiro atoms. The molecule has 31 heavy (non-hydrogen) atoms. The Balaban J connectivity index is 1.28. The van der Waals surface area contributed by atoms with Crippen LogP contribution in [-0.4, -0.2) is 35.0 Å². The van der Waals surface area contributed by atoms with Crippen LogP contribution in [0.4, 0.5) is 5.13 Å². The molecule has 5 rings (SSSR count).